The number of rotatable bonds is 5. The molecule has 164 valence electrons. The van der Waals surface area contributed by atoms with Gasteiger partial charge in [-0.05, 0) is 48.1 Å². The molecule has 0 saturated carbocycles. The van der Waals surface area contributed by atoms with Gasteiger partial charge in [0.15, 0.2) is 0 Å². The normalized spacial score (nSPS) is 21.9. The Bertz CT molecular complexity index is 1100. The molecule has 31 heavy (non-hydrogen) atoms. The van der Waals surface area contributed by atoms with Gasteiger partial charge in [-0.1, -0.05) is 64.5 Å². The summed E-state index contributed by atoms with van der Waals surface area (Å²) in [7, 11) is -2.34. The van der Waals surface area contributed by atoms with Crippen LogP contribution in [-0.4, -0.2) is 32.5 Å². The van der Waals surface area contributed by atoms with Crippen LogP contribution in [0.25, 0.3) is 0 Å². The molecule has 4 rings (SSSR count). The fraction of sp³-hybridized carbons (Fsp3) is 0.333. The number of para-hydroxylation sites is 1. The maximum Gasteiger partial charge on any atom is 0.247 e. The molecule has 0 aromatic heterocycles. The molecule has 0 fully saturated rings. The van der Waals surface area contributed by atoms with Crippen LogP contribution in [0.5, 0.6) is 5.75 Å². The second kappa shape index (κ2) is 9.69. The van der Waals surface area contributed by atoms with Gasteiger partial charge in [0.1, 0.15) is 10.6 Å². The predicted octanol–water partition coefficient (Wildman–Crippen LogP) is 5.07. The molecule has 0 N–H and O–H groups in total. The summed E-state index contributed by atoms with van der Waals surface area (Å²) in [6, 6.07) is 12.4. The van der Waals surface area contributed by atoms with Crippen LogP contribution in [0.4, 0.5) is 0 Å². The summed E-state index contributed by atoms with van der Waals surface area (Å²) in [4.78, 5) is 0.177. The van der Waals surface area contributed by atoms with E-state index in [1.165, 1.54) is 7.11 Å². The van der Waals surface area contributed by atoms with Crippen molar-refractivity contribution in [1.29, 1.82) is 0 Å². The molecule has 2 aliphatic rings. The van der Waals surface area contributed by atoms with Crippen molar-refractivity contribution in [3.8, 4) is 5.75 Å². The van der Waals surface area contributed by atoms with E-state index in [1.807, 2.05) is 30.4 Å². The third kappa shape index (κ3) is 4.80. The van der Waals surface area contributed by atoms with Crippen LogP contribution in [0.2, 0.25) is 0 Å². The SMILES string of the molecule is COc1ccccc1S(=O)(=O)N1Cc2c(Br)cccc2COCC1CC1C=CC=CC1. The van der Waals surface area contributed by atoms with Gasteiger partial charge in [-0.2, -0.15) is 4.31 Å². The predicted molar refractivity (Wildman–Crippen MR) is 124 cm³/mol. The van der Waals surface area contributed by atoms with E-state index in [-0.39, 0.29) is 23.4 Å². The zero-order valence-electron chi connectivity index (χ0n) is 17.4. The van der Waals surface area contributed by atoms with Crippen molar-refractivity contribution in [2.75, 3.05) is 13.7 Å². The van der Waals surface area contributed by atoms with E-state index in [1.54, 1.807) is 28.6 Å². The first-order valence-corrected chi connectivity index (χ1v) is 12.6. The highest BCUT2D eigenvalue weighted by atomic mass is 79.9. The maximum atomic E-state index is 13.9. The standard InChI is InChI=1S/C24H26BrNO4S/c1-29-23-12-5-6-13-24(23)31(27,28)26-15-21-19(10-7-11-22(21)25)16-30-17-20(26)14-18-8-3-2-4-9-18/h2-8,10-13,18,20H,9,14-17H2,1H3. The smallest absolute Gasteiger partial charge is 0.247 e. The van der Waals surface area contributed by atoms with E-state index in [0.29, 0.717) is 25.4 Å². The van der Waals surface area contributed by atoms with Gasteiger partial charge in [0.25, 0.3) is 0 Å². The van der Waals surface area contributed by atoms with Gasteiger partial charge < -0.3 is 9.47 Å². The molecule has 0 amide bonds. The van der Waals surface area contributed by atoms with Crippen LogP contribution in [0.3, 0.4) is 0 Å². The van der Waals surface area contributed by atoms with Crippen LogP contribution in [0.1, 0.15) is 24.0 Å². The minimum absolute atomic E-state index is 0.177. The minimum atomic E-state index is -3.84. The fourth-order valence-corrected chi connectivity index (χ4v) is 6.45. The molecule has 5 nitrogen and oxygen atoms in total. The van der Waals surface area contributed by atoms with E-state index in [0.717, 1.165) is 22.0 Å². The van der Waals surface area contributed by atoms with E-state index in [9.17, 15) is 8.42 Å². The van der Waals surface area contributed by atoms with E-state index < -0.39 is 10.0 Å². The zero-order valence-corrected chi connectivity index (χ0v) is 19.8. The third-order valence-electron chi connectivity index (χ3n) is 5.80. The number of nitrogens with zero attached hydrogens (tertiary/aromatic N) is 1. The van der Waals surface area contributed by atoms with Crippen molar-refractivity contribution in [2.45, 2.75) is 36.9 Å². The number of ether oxygens (including phenoxy) is 2. The van der Waals surface area contributed by atoms with Crippen molar-refractivity contribution in [1.82, 2.24) is 4.31 Å². The van der Waals surface area contributed by atoms with Gasteiger partial charge in [-0.25, -0.2) is 8.42 Å². The molecule has 0 spiro atoms. The Morgan fingerprint density at radius 3 is 2.77 bits per heavy atom. The van der Waals surface area contributed by atoms with Crippen molar-refractivity contribution < 1.29 is 17.9 Å². The second-order valence-electron chi connectivity index (χ2n) is 7.79. The number of hydrogen-bond donors (Lipinski definition) is 0. The number of methoxy groups -OCH3 is 1. The summed E-state index contributed by atoms with van der Waals surface area (Å²) >= 11 is 3.62. The molecule has 1 aliphatic carbocycles. The summed E-state index contributed by atoms with van der Waals surface area (Å²) in [5, 5.41) is 0. The van der Waals surface area contributed by atoms with Crippen LogP contribution in [-0.2, 0) is 27.9 Å². The van der Waals surface area contributed by atoms with Crippen LogP contribution >= 0.6 is 15.9 Å². The summed E-state index contributed by atoms with van der Waals surface area (Å²) in [5.41, 5.74) is 1.93. The Morgan fingerprint density at radius 2 is 2.00 bits per heavy atom. The fourth-order valence-electron chi connectivity index (χ4n) is 4.17. The lowest BCUT2D eigenvalue weighted by Crippen LogP contribution is -2.44. The quantitative estimate of drug-likeness (QED) is 0.571. The Labute approximate surface area is 192 Å². The van der Waals surface area contributed by atoms with Gasteiger partial charge in [-0.15, -0.1) is 0 Å². The molecule has 1 aliphatic heterocycles. The molecular formula is C24H26BrNO4S. The number of sulfonamides is 1. The average Bonchev–Trinajstić information content (AvgIpc) is 2.77. The van der Waals surface area contributed by atoms with Gasteiger partial charge >= 0.3 is 0 Å². The number of hydrogen-bond acceptors (Lipinski definition) is 4. The third-order valence-corrected chi connectivity index (χ3v) is 8.49. The van der Waals surface area contributed by atoms with Crippen LogP contribution < -0.4 is 4.74 Å². The lowest BCUT2D eigenvalue weighted by Gasteiger charge is -2.35. The zero-order chi connectivity index (χ0) is 21.8. The van der Waals surface area contributed by atoms with Gasteiger partial charge in [0.05, 0.1) is 20.3 Å². The summed E-state index contributed by atoms with van der Waals surface area (Å²) in [6.07, 6.45) is 9.92. The molecule has 0 saturated heterocycles. The Balaban J connectivity index is 1.78. The first-order chi connectivity index (χ1) is 15.0. The topological polar surface area (TPSA) is 55.8 Å². The highest BCUT2D eigenvalue weighted by molar-refractivity contribution is 9.10. The Kier molecular flexibility index (Phi) is 6.96. The highest BCUT2D eigenvalue weighted by Crippen LogP contribution is 2.34. The lowest BCUT2D eigenvalue weighted by molar-refractivity contribution is 0.0603. The van der Waals surface area contributed by atoms with Crippen molar-refractivity contribution >= 4 is 26.0 Å². The van der Waals surface area contributed by atoms with Gasteiger partial charge in [0.2, 0.25) is 10.0 Å². The van der Waals surface area contributed by atoms with E-state index in [4.69, 9.17) is 9.47 Å². The largest absolute Gasteiger partial charge is 0.495 e. The molecule has 2 aromatic carbocycles. The van der Waals surface area contributed by atoms with E-state index >= 15 is 0 Å². The van der Waals surface area contributed by atoms with Gasteiger partial charge in [0, 0.05) is 17.1 Å². The lowest BCUT2D eigenvalue weighted by atomic mass is 9.93. The summed E-state index contributed by atoms with van der Waals surface area (Å²) < 4.78 is 41.8. The number of benzene rings is 2. The molecule has 7 heteroatoms. The van der Waals surface area contributed by atoms with Crippen molar-refractivity contribution in [3.05, 3.63) is 82.4 Å². The molecule has 2 unspecified atom stereocenters. The van der Waals surface area contributed by atoms with Gasteiger partial charge in [-0.3, -0.25) is 0 Å². The van der Waals surface area contributed by atoms with Crippen LogP contribution in [0, 0.1) is 5.92 Å². The minimum Gasteiger partial charge on any atom is -0.495 e. The maximum absolute atomic E-state index is 13.9. The first-order valence-electron chi connectivity index (χ1n) is 10.3. The Hall–Kier alpha value is -1.93. The summed E-state index contributed by atoms with van der Waals surface area (Å²) in [5.74, 6) is 0.615. The second-order valence-corrected chi connectivity index (χ2v) is 10.5. The highest BCUT2D eigenvalue weighted by Gasteiger charge is 2.36. The number of allylic oxidation sites excluding steroid dienone is 4. The summed E-state index contributed by atoms with van der Waals surface area (Å²) in [6.45, 7) is 1.08. The molecule has 2 aromatic rings. The molecule has 2 atom stereocenters. The number of fused-ring (bicyclic) bond motifs is 1. The molecular weight excluding hydrogens is 478 g/mol. The molecule has 1 heterocycles. The monoisotopic (exact) mass is 503 g/mol. The average molecular weight is 504 g/mol. The first kappa shape index (κ1) is 22.3. The Morgan fingerprint density at radius 1 is 1.16 bits per heavy atom. The van der Waals surface area contributed by atoms with Crippen molar-refractivity contribution in [3.63, 3.8) is 0 Å². The van der Waals surface area contributed by atoms with Crippen molar-refractivity contribution in [2.24, 2.45) is 5.92 Å². The number of halogens is 1. The molecule has 0 radical (unpaired) electrons. The van der Waals surface area contributed by atoms with Crippen LogP contribution in [0.15, 0.2) is 76.1 Å². The molecule has 0 bridgehead atoms. The van der Waals surface area contributed by atoms with E-state index in [2.05, 4.69) is 28.1 Å².